The second kappa shape index (κ2) is 6.12. The number of nitrogens with two attached hydrogens (primary N) is 1. The largest absolute Gasteiger partial charge is 0.399 e. The average molecular weight is 224 g/mol. The van der Waals surface area contributed by atoms with Crippen LogP contribution in [0.3, 0.4) is 0 Å². The fourth-order valence-corrected chi connectivity index (χ4v) is 1.18. The van der Waals surface area contributed by atoms with E-state index in [1.165, 1.54) is 6.07 Å². The summed E-state index contributed by atoms with van der Waals surface area (Å²) >= 11 is 0. The van der Waals surface area contributed by atoms with Crippen LogP contribution in [0, 0.1) is 5.82 Å². The molecule has 1 aromatic carbocycles. The minimum Gasteiger partial charge on any atom is -0.399 e. The van der Waals surface area contributed by atoms with Gasteiger partial charge in [-0.25, -0.2) is 4.39 Å². The van der Waals surface area contributed by atoms with Gasteiger partial charge in [0.05, 0.1) is 18.9 Å². The summed E-state index contributed by atoms with van der Waals surface area (Å²) in [4.78, 5) is 0. The summed E-state index contributed by atoms with van der Waals surface area (Å²) in [6.45, 7) is 7.21. The highest BCUT2D eigenvalue weighted by atomic mass is 19.1. The van der Waals surface area contributed by atoms with Gasteiger partial charge in [0, 0.05) is 12.2 Å². The van der Waals surface area contributed by atoms with Crippen LogP contribution in [-0.4, -0.2) is 19.8 Å². The molecule has 0 aliphatic heterocycles. The SMILES string of the molecule is C=C(C)COCCNc1ccc(N)cc1F. The van der Waals surface area contributed by atoms with Crippen LogP contribution < -0.4 is 11.1 Å². The number of ether oxygens (including phenoxy) is 1. The molecule has 0 aromatic heterocycles. The van der Waals surface area contributed by atoms with Gasteiger partial charge in [-0.1, -0.05) is 12.2 Å². The molecule has 0 unspecified atom stereocenters. The van der Waals surface area contributed by atoms with Gasteiger partial charge >= 0.3 is 0 Å². The zero-order valence-corrected chi connectivity index (χ0v) is 9.42. The van der Waals surface area contributed by atoms with Gasteiger partial charge in [-0.05, 0) is 25.1 Å². The smallest absolute Gasteiger partial charge is 0.148 e. The number of nitrogen functional groups attached to an aromatic ring is 1. The van der Waals surface area contributed by atoms with Crippen molar-refractivity contribution < 1.29 is 9.13 Å². The predicted octanol–water partition coefficient (Wildman–Crippen LogP) is 2.41. The van der Waals surface area contributed by atoms with Crippen LogP contribution in [0.2, 0.25) is 0 Å². The third-order valence-corrected chi connectivity index (χ3v) is 1.90. The molecule has 0 fully saturated rings. The molecule has 1 rings (SSSR count). The highest BCUT2D eigenvalue weighted by Crippen LogP contribution is 2.16. The normalized spacial score (nSPS) is 10.1. The maximum atomic E-state index is 13.3. The molecule has 0 aliphatic carbocycles. The topological polar surface area (TPSA) is 47.3 Å². The molecule has 0 spiro atoms. The Hall–Kier alpha value is -1.55. The summed E-state index contributed by atoms with van der Waals surface area (Å²) in [6, 6.07) is 4.56. The summed E-state index contributed by atoms with van der Waals surface area (Å²) in [6.07, 6.45) is 0. The highest BCUT2D eigenvalue weighted by molar-refractivity contribution is 5.52. The summed E-state index contributed by atoms with van der Waals surface area (Å²) in [7, 11) is 0. The molecule has 3 nitrogen and oxygen atoms in total. The molecule has 0 amide bonds. The van der Waals surface area contributed by atoms with E-state index in [-0.39, 0.29) is 5.82 Å². The second-order valence-electron chi connectivity index (χ2n) is 3.68. The fraction of sp³-hybridized carbons (Fsp3) is 0.333. The van der Waals surface area contributed by atoms with Crippen LogP contribution in [0.15, 0.2) is 30.4 Å². The van der Waals surface area contributed by atoms with Gasteiger partial charge < -0.3 is 15.8 Å². The maximum absolute atomic E-state index is 13.3. The Bertz CT molecular complexity index is 366. The number of nitrogens with one attached hydrogen (secondary N) is 1. The molecule has 88 valence electrons. The first-order chi connectivity index (χ1) is 7.59. The molecule has 0 saturated carbocycles. The van der Waals surface area contributed by atoms with Crippen molar-refractivity contribution in [2.24, 2.45) is 0 Å². The van der Waals surface area contributed by atoms with Crippen molar-refractivity contribution in [2.45, 2.75) is 6.92 Å². The standard InChI is InChI=1S/C12H17FN2O/c1-9(2)8-16-6-5-15-12-4-3-10(14)7-11(12)13/h3-4,7,15H,1,5-6,8,14H2,2H3. The molecule has 1 aromatic rings. The van der Waals surface area contributed by atoms with Crippen molar-refractivity contribution in [3.05, 3.63) is 36.2 Å². The van der Waals surface area contributed by atoms with Crippen molar-refractivity contribution in [1.29, 1.82) is 0 Å². The van der Waals surface area contributed by atoms with E-state index < -0.39 is 0 Å². The Labute approximate surface area is 95.1 Å². The molecule has 0 radical (unpaired) electrons. The molecule has 16 heavy (non-hydrogen) atoms. The molecule has 4 heteroatoms. The molecule has 0 heterocycles. The Morgan fingerprint density at radius 1 is 1.56 bits per heavy atom. The van der Waals surface area contributed by atoms with E-state index in [4.69, 9.17) is 10.5 Å². The molecular weight excluding hydrogens is 207 g/mol. The van der Waals surface area contributed by atoms with Gasteiger partial charge in [-0.15, -0.1) is 0 Å². The third kappa shape index (κ3) is 4.31. The summed E-state index contributed by atoms with van der Waals surface area (Å²) in [5, 5.41) is 2.93. The van der Waals surface area contributed by atoms with Crippen LogP contribution >= 0.6 is 0 Å². The quantitative estimate of drug-likeness (QED) is 0.443. The first-order valence-corrected chi connectivity index (χ1v) is 5.10. The van der Waals surface area contributed by atoms with Gasteiger partial charge in [0.15, 0.2) is 0 Å². The van der Waals surface area contributed by atoms with Gasteiger partial charge in [0.1, 0.15) is 5.82 Å². The van der Waals surface area contributed by atoms with Crippen molar-refractivity contribution >= 4 is 11.4 Å². The Morgan fingerprint density at radius 2 is 2.31 bits per heavy atom. The van der Waals surface area contributed by atoms with Gasteiger partial charge in [0.2, 0.25) is 0 Å². The summed E-state index contributed by atoms with van der Waals surface area (Å²) in [5.74, 6) is -0.347. The number of hydrogen-bond donors (Lipinski definition) is 2. The molecule has 0 aliphatic rings. The molecular formula is C12H17FN2O. The predicted molar refractivity (Wildman–Crippen MR) is 64.9 cm³/mol. The Morgan fingerprint density at radius 3 is 2.94 bits per heavy atom. The second-order valence-corrected chi connectivity index (χ2v) is 3.68. The number of anilines is 2. The highest BCUT2D eigenvalue weighted by Gasteiger charge is 2.00. The minimum absolute atomic E-state index is 0.347. The molecule has 0 atom stereocenters. The number of halogens is 1. The number of rotatable bonds is 6. The molecule has 3 N–H and O–H groups in total. The van der Waals surface area contributed by atoms with Gasteiger partial charge in [-0.3, -0.25) is 0 Å². The summed E-state index contributed by atoms with van der Waals surface area (Å²) < 4.78 is 18.6. The van der Waals surface area contributed by atoms with Crippen molar-refractivity contribution in [3.8, 4) is 0 Å². The van der Waals surface area contributed by atoms with Crippen molar-refractivity contribution in [1.82, 2.24) is 0 Å². The number of benzene rings is 1. The first-order valence-electron chi connectivity index (χ1n) is 5.10. The summed E-state index contributed by atoms with van der Waals surface area (Å²) in [5.41, 5.74) is 7.26. The van der Waals surface area contributed by atoms with E-state index in [9.17, 15) is 4.39 Å². The van der Waals surface area contributed by atoms with Crippen LogP contribution in [-0.2, 0) is 4.74 Å². The van der Waals surface area contributed by atoms with E-state index in [1.807, 2.05) is 6.92 Å². The van der Waals surface area contributed by atoms with Gasteiger partial charge in [0.25, 0.3) is 0 Å². The Balaban J connectivity index is 2.29. The lowest BCUT2D eigenvalue weighted by Crippen LogP contribution is -2.11. The molecule has 0 bridgehead atoms. The zero-order valence-electron chi connectivity index (χ0n) is 9.42. The first kappa shape index (κ1) is 12.5. The van der Waals surface area contributed by atoms with E-state index in [2.05, 4.69) is 11.9 Å². The lowest BCUT2D eigenvalue weighted by atomic mass is 10.2. The van der Waals surface area contributed by atoms with Crippen LogP contribution in [0.4, 0.5) is 15.8 Å². The van der Waals surface area contributed by atoms with Crippen LogP contribution in [0.5, 0.6) is 0 Å². The lowest BCUT2D eigenvalue weighted by molar-refractivity contribution is 0.167. The van der Waals surface area contributed by atoms with Crippen LogP contribution in [0.25, 0.3) is 0 Å². The third-order valence-electron chi connectivity index (χ3n) is 1.90. The van der Waals surface area contributed by atoms with E-state index in [0.29, 0.717) is 31.1 Å². The van der Waals surface area contributed by atoms with E-state index >= 15 is 0 Å². The Kier molecular flexibility index (Phi) is 4.79. The number of hydrogen-bond acceptors (Lipinski definition) is 3. The lowest BCUT2D eigenvalue weighted by Gasteiger charge is -2.08. The zero-order chi connectivity index (χ0) is 12.0. The van der Waals surface area contributed by atoms with Crippen molar-refractivity contribution in [2.75, 3.05) is 30.8 Å². The minimum atomic E-state index is -0.347. The van der Waals surface area contributed by atoms with Crippen LogP contribution in [0.1, 0.15) is 6.92 Å². The average Bonchev–Trinajstić information content (AvgIpc) is 2.20. The van der Waals surface area contributed by atoms with E-state index in [1.54, 1.807) is 12.1 Å². The maximum Gasteiger partial charge on any atom is 0.148 e. The van der Waals surface area contributed by atoms with Gasteiger partial charge in [-0.2, -0.15) is 0 Å². The fourth-order valence-electron chi connectivity index (χ4n) is 1.18. The molecule has 0 saturated heterocycles. The van der Waals surface area contributed by atoms with E-state index in [0.717, 1.165) is 5.57 Å². The van der Waals surface area contributed by atoms with Crippen molar-refractivity contribution in [3.63, 3.8) is 0 Å². The monoisotopic (exact) mass is 224 g/mol.